The van der Waals surface area contributed by atoms with Gasteiger partial charge in [-0.25, -0.2) is 4.98 Å². The van der Waals surface area contributed by atoms with Gasteiger partial charge in [0.1, 0.15) is 0 Å². The van der Waals surface area contributed by atoms with Gasteiger partial charge in [0.25, 0.3) is 0 Å². The lowest BCUT2D eigenvalue weighted by atomic mass is 10.1. The van der Waals surface area contributed by atoms with Gasteiger partial charge in [-0.15, -0.1) is 0 Å². The Hall–Kier alpha value is -2.14. The quantitative estimate of drug-likeness (QED) is 0.766. The van der Waals surface area contributed by atoms with Crippen LogP contribution in [-0.2, 0) is 4.79 Å². The first-order valence-electron chi connectivity index (χ1n) is 5.86. The molecule has 1 aromatic heterocycles. The number of carbonyl (C=O) groups is 1. The molecule has 5 heteroatoms. The van der Waals surface area contributed by atoms with Crippen molar-refractivity contribution in [3.63, 3.8) is 0 Å². The minimum Gasteiger partial charge on any atom is -0.345 e. The summed E-state index contributed by atoms with van der Waals surface area (Å²) in [6, 6.07) is 7.06. The van der Waals surface area contributed by atoms with E-state index in [4.69, 9.17) is 5.73 Å². The normalized spacial score (nSPS) is 12.1. The number of hydrogen-bond acceptors (Lipinski definition) is 3. The molecule has 0 saturated carbocycles. The molecule has 0 aliphatic heterocycles. The van der Waals surface area contributed by atoms with Crippen molar-refractivity contribution >= 4 is 11.6 Å². The van der Waals surface area contributed by atoms with Crippen molar-refractivity contribution in [2.24, 2.45) is 5.73 Å². The summed E-state index contributed by atoms with van der Waals surface area (Å²) in [4.78, 5) is 18.6. The summed E-state index contributed by atoms with van der Waals surface area (Å²) in [5.41, 5.74) is 8.35. The predicted octanol–water partition coefficient (Wildman–Crippen LogP) is 1.75. The highest BCUT2D eigenvalue weighted by Gasteiger charge is 2.10. The van der Waals surface area contributed by atoms with E-state index >= 15 is 0 Å². The zero-order valence-corrected chi connectivity index (χ0v) is 10.2. The molecular weight excluding hydrogens is 228 g/mol. The van der Waals surface area contributed by atoms with Crippen molar-refractivity contribution in [2.45, 2.75) is 19.4 Å². The van der Waals surface area contributed by atoms with Crippen LogP contribution in [0.15, 0.2) is 36.8 Å². The van der Waals surface area contributed by atoms with Gasteiger partial charge in [-0.1, -0.05) is 19.1 Å². The number of H-pyrrole nitrogens is 1. The third-order valence-electron chi connectivity index (χ3n) is 2.74. The molecule has 0 radical (unpaired) electrons. The third-order valence-corrected chi connectivity index (χ3v) is 2.74. The number of nitrogens with one attached hydrogen (secondary N) is 2. The lowest BCUT2D eigenvalue weighted by Crippen LogP contribution is -2.34. The van der Waals surface area contributed by atoms with Crippen LogP contribution in [0.2, 0.25) is 0 Å². The highest BCUT2D eigenvalue weighted by Crippen LogP contribution is 2.18. The number of nitrogens with zero attached hydrogens (tertiary/aromatic N) is 1. The SMILES string of the molecule is CC[C@H](N)C(=O)Nc1ccc(-c2cnc[nH]2)cc1. The molecule has 2 aromatic rings. The van der Waals surface area contributed by atoms with Crippen LogP contribution in [0.1, 0.15) is 13.3 Å². The van der Waals surface area contributed by atoms with Gasteiger partial charge in [-0.05, 0) is 24.1 Å². The van der Waals surface area contributed by atoms with Crippen LogP contribution in [0.4, 0.5) is 5.69 Å². The Morgan fingerprint density at radius 3 is 2.72 bits per heavy atom. The number of aromatic nitrogens is 2. The average Bonchev–Trinajstić information content (AvgIpc) is 2.92. The number of imidazole rings is 1. The van der Waals surface area contributed by atoms with Gasteiger partial charge < -0.3 is 16.0 Å². The number of benzene rings is 1. The van der Waals surface area contributed by atoms with E-state index < -0.39 is 6.04 Å². The van der Waals surface area contributed by atoms with E-state index in [2.05, 4.69) is 15.3 Å². The summed E-state index contributed by atoms with van der Waals surface area (Å²) in [7, 11) is 0. The number of hydrogen-bond donors (Lipinski definition) is 3. The summed E-state index contributed by atoms with van der Waals surface area (Å²) < 4.78 is 0. The topological polar surface area (TPSA) is 83.8 Å². The van der Waals surface area contributed by atoms with E-state index in [-0.39, 0.29) is 5.91 Å². The third kappa shape index (κ3) is 2.75. The van der Waals surface area contributed by atoms with Crippen LogP contribution in [0.3, 0.4) is 0 Å². The second-order valence-corrected chi connectivity index (χ2v) is 4.05. The van der Waals surface area contributed by atoms with Crippen LogP contribution >= 0.6 is 0 Å². The summed E-state index contributed by atoms with van der Waals surface area (Å²) in [6.07, 6.45) is 4.00. The molecule has 1 amide bonds. The number of nitrogens with two attached hydrogens (primary N) is 1. The molecule has 2 rings (SSSR count). The minimum absolute atomic E-state index is 0.160. The van der Waals surface area contributed by atoms with E-state index in [9.17, 15) is 4.79 Å². The molecule has 0 saturated heterocycles. The van der Waals surface area contributed by atoms with Gasteiger partial charge in [-0.3, -0.25) is 4.79 Å². The Morgan fingerprint density at radius 1 is 1.44 bits per heavy atom. The standard InChI is InChI=1S/C13H16N4O/c1-2-11(14)13(18)17-10-5-3-9(4-6-10)12-7-15-8-16-12/h3-8,11H,2,14H2,1H3,(H,15,16)(H,17,18)/t11-/m0/s1. The first-order chi connectivity index (χ1) is 8.70. The van der Waals surface area contributed by atoms with E-state index in [1.54, 1.807) is 12.5 Å². The van der Waals surface area contributed by atoms with Gasteiger partial charge in [0.15, 0.2) is 0 Å². The Balaban J connectivity index is 2.06. The predicted molar refractivity (Wildman–Crippen MR) is 70.9 cm³/mol. The maximum atomic E-state index is 11.6. The van der Waals surface area contributed by atoms with E-state index in [0.29, 0.717) is 6.42 Å². The fraction of sp³-hybridized carbons (Fsp3) is 0.231. The molecule has 1 atom stereocenters. The van der Waals surface area contributed by atoms with E-state index in [1.165, 1.54) is 0 Å². The Kier molecular flexibility index (Phi) is 3.74. The van der Waals surface area contributed by atoms with Crippen molar-refractivity contribution in [3.05, 3.63) is 36.8 Å². The van der Waals surface area contributed by atoms with Crippen molar-refractivity contribution in [2.75, 3.05) is 5.32 Å². The molecule has 0 aliphatic carbocycles. The smallest absolute Gasteiger partial charge is 0.241 e. The lowest BCUT2D eigenvalue weighted by molar-refractivity contribution is -0.117. The van der Waals surface area contributed by atoms with Crippen LogP contribution in [0, 0.1) is 0 Å². The molecule has 1 heterocycles. The Labute approximate surface area is 105 Å². The summed E-state index contributed by atoms with van der Waals surface area (Å²) in [5, 5.41) is 2.78. The van der Waals surface area contributed by atoms with E-state index in [0.717, 1.165) is 16.9 Å². The fourth-order valence-corrected chi connectivity index (χ4v) is 1.57. The summed E-state index contributed by atoms with van der Waals surface area (Å²) in [5.74, 6) is -0.160. The number of anilines is 1. The molecule has 0 unspecified atom stereocenters. The van der Waals surface area contributed by atoms with Gasteiger partial charge >= 0.3 is 0 Å². The number of amides is 1. The van der Waals surface area contributed by atoms with Crippen LogP contribution in [0.5, 0.6) is 0 Å². The van der Waals surface area contributed by atoms with Gasteiger partial charge in [0, 0.05) is 5.69 Å². The van der Waals surface area contributed by atoms with Crippen LogP contribution < -0.4 is 11.1 Å². The maximum Gasteiger partial charge on any atom is 0.241 e. The largest absolute Gasteiger partial charge is 0.345 e. The molecular formula is C13H16N4O. The highest BCUT2D eigenvalue weighted by atomic mass is 16.2. The lowest BCUT2D eigenvalue weighted by Gasteiger charge is -2.10. The molecule has 0 aliphatic rings. The van der Waals surface area contributed by atoms with Gasteiger partial charge in [0.05, 0.1) is 24.3 Å². The van der Waals surface area contributed by atoms with Crippen molar-refractivity contribution in [3.8, 4) is 11.3 Å². The molecule has 94 valence electrons. The summed E-state index contributed by atoms with van der Waals surface area (Å²) in [6.45, 7) is 1.88. The minimum atomic E-state index is -0.461. The molecule has 0 fully saturated rings. The van der Waals surface area contributed by atoms with Crippen LogP contribution in [-0.4, -0.2) is 21.9 Å². The van der Waals surface area contributed by atoms with Crippen molar-refractivity contribution < 1.29 is 4.79 Å². The number of aromatic amines is 1. The number of rotatable bonds is 4. The average molecular weight is 244 g/mol. The van der Waals surface area contributed by atoms with Crippen molar-refractivity contribution in [1.29, 1.82) is 0 Å². The van der Waals surface area contributed by atoms with Gasteiger partial charge in [-0.2, -0.15) is 0 Å². The Morgan fingerprint density at radius 2 is 2.17 bits per heavy atom. The van der Waals surface area contributed by atoms with Crippen LogP contribution in [0.25, 0.3) is 11.3 Å². The molecule has 18 heavy (non-hydrogen) atoms. The first kappa shape index (κ1) is 12.3. The molecule has 5 nitrogen and oxygen atoms in total. The fourth-order valence-electron chi connectivity index (χ4n) is 1.57. The zero-order chi connectivity index (χ0) is 13.0. The van der Waals surface area contributed by atoms with E-state index in [1.807, 2.05) is 31.2 Å². The second-order valence-electron chi connectivity index (χ2n) is 4.05. The molecule has 0 spiro atoms. The maximum absolute atomic E-state index is 11.6. The highest BCUT2D eigenvalue weighted by molar-refractivity contribution is 5.94. The Bertz CT molecular complexity index is 504. The monoisotopic (exact) mass is 244 g/mol. The van der Waals surface area contributed by atoms with Gasteiger partial charge in [0.2, 0.25) is 5.91 Å². The number of carbonyl (C=O) groups excluding carboxylic acids is 1. The summed E-state index contributed by atoms with van der Waals surface area (Å²) >= 11 is 0. The molecule has 4 N–H and O–H groups in total. The van der Waals surface area contributed by atoms with Crippen molar-refractivity contribution in [1.82, 2.24) is 9.97 Å². The zero-order valence-electron chi connectivity index (χ0n) is 10.2. The first-order valence-corrected chi connectivity index (χ1v) is 5.86. The molecule has 0 bridgehead atoms. The second kappa shape index (κ2) is 5.46. The molecule has 1 aromatic carbocycles.